The van der Waals surface area contributed by atoms with Gasteiger partial charge < -0.3 is 15.2 Å². The van der Waals surface area contributed by atoms with Gasteiger partial charge in [0.25, 0.3) is 5.91 Å². The summed E-state index contributed by atoms with van der Waals surface area (Å²) in [6.07, 6.45) is 0. The number of nitrogens with one attached hydrogen (secondary N) is 2. The zero-order valence-corrected chi connectivity index (χ0v) is 14.0. The number of carbonyl (C=O) groups excluding carboxylic acids is 1. The number of phenolic OH excluding ortho intramolecular Hbond substituents is 1. The summed E-state index contributed by atoms with van der Waals surface area (Å²) in [5.74, 6) is 0.599. The fourth-order valence-corrected chi connectivity index (χ4v) is 2.44. The topological polar surface area (TPSA) is 87.2 Å². The zero-order valence-electron chi connectivity index (χ0n) is 14.0. The third-order valence-electron chi connectivity index (χ3n) is 3.76. The number of ether oxygens (including phenoxy) is 1. The maximum Gasteiger partial charge on any atom is 0.273 e. The van der Waals surface area contributed by atoms with E-state index in [0.717, 1.165) is 11.3 Å². The maximum absolute atomic E-state index is 12.3. The second kappa shape index (κ2) is 7.09. The number of rotatable bonds is 5. The normalized spacial score (nSPS) is 10.5. The number of aromatic nitrogens is 2. The quantitative estimate of drug-likeness (QED) is 0.662. The number of aryl methyl sites for hydroxylation is 1. The van der Waals surface area contributed by atoms with Crippen LogP contribution in [0, 0.1) is 6.92 Å². The van der Waals surface area contributed by atoms with Gasteiger partial charge in [0.2, 0.25) is 0 Å². The molecule has 0 spiro atoms. The first-order valence-corrected chi connectivity index (χ1v) is 7.97. The Labute approximate surface area is 145 Å². The Morgan fingerprint density at radius 1 is 1.24 bits per heavy atom. The van der Waals surface area contributed by atoms with Crippen molar-refractivity contribution < 1.29 is 14.6 Å². The van der Waals surface area contributed by atoms with Crippen molar-refractivity contribution in [2.75, 3.05) is 11.9 Å². The lowest BCUT2D eigenvalue weighted by atomic mass is 10.1. The molecule has 0 aliphatic rings. The Hall–Kier alpha value is -3.28. The number of hydrogen-bond donors (Lipinski definition) is 3. The molecule has 128 valence electrons. The van der Waals surface area contributed by atoms with Gasteiger partial charge in [-0.2, -0.15) is 5.10 Å². The van der Waals surface area contributed by atoms with Crippen molar-refractivity contribution in [3.8, 4) is 22.8 Å². The molecule has 0 radical (unpaired) electrons. The van der Waals surface area contributed by atoms with Crippen LogP contribution in [0.5, 0.6) is 11.5 Å². The van der Waals surface area contributed by atoms with Gasteiger partial charge in [-0.05, 0) is 55.8 Å². The largest absolute Gasteiger partial charge is 0.507 e. The molecule has 1 aromatic heterocycles. The first kappa shape index (κ1) is 16.6. The number of aromatic hydroxyl groups is 1. The number of benzene rings is 2. The van der Waals surface area contributed by atoms with Crippen LogP contribution in [0.2, 0.25) is 0 Å². The van der Waals surface area contributed by atoms with Crippen LogP contribution < -0.4 is 10.1 Å². The average molecular weight is 337 g/mol. The number of para-hydroxylation sites is 1. The Balaban J connectivity index is 1.75. The summed E-state index contributed by atoms with van der Waals surface area (Å²) >= 11 is 0. The minimum atomic E-state index is -0.310. The van der Waals surface area contributed by atoms with Crippen LogP contribution in [0.4, 0.5) is 5.69 Å². The second-order valence-corrected chi connectivity index (χ2v) is 5.55. The molecule has 6 heteroatoms. The van der Waals surface area contributed by atoms with Crippen molar-refractivity contribution in [1.82, 2.24) is 10.2 Å². The molecule has 1 amide bonds. The smallest absolute Gasteiger partial charge is 0.273 e. The molecule has 3 aromatic rings. The molecule has 3 rings (SSSR count). The molecule has 0 atom stereocenters. The number of hydrogen-bond acceptors (Lipinski definition) is 4. The summed E-state index contributed by atoms with van der Waals surface area (Å²) in [4.78, 5) is 12.3. The van der Waals surface area contributed by atoms with Gasteiger partial charge in [0, 0.05) is 11.3 Å². The molecule has 3 N–H and O–H groups in total. The summed E-state index contributed by atoms with van der Waals surface area (Å²) in [6, 6.07) is 14.1. The SMILES string of the molecule is CCOc1ccc(NC(=O)c2cc(-c3cccc(C)c3O)n[nH]2)cc1. The highest BCUT2D eigenvalue weighted by Crippen LogP contribution is 2.30. The predicted octanol–water partition coefficient (Wildman–Crippen LogP) is 3.74. The van der Waals surface area contributed by atoms with Gasteiger partial charge in [-0.25, -0.2) is 0 Å². The number of H-pyrrole nitrogens is 1. The van der Waals surface area contributed by atoms with E-state index < -0.39 is 0 Å². The van der Waals surface area contributed by atoms with E-state index in [9.17, 15) is 9.90 Å². The van der Waals surface area contributed by atoms with Crippen LogP contribution >= 0.6 is 0 Å². The number of phenols is 1. The Bertz CT molecular complexity index is 885. The molecule has 0 bridgehead atoms. The molecular formula is C19H19N3O3. The molecule has 0 fully saturated rings. The van der Waals surface area contributed by atoms with Crippen LogP contribution in [0.1, 0.15) is 23.0 Å². The van der Waals surface area contributed by atoms with Gasteiger partial charge in [-0.3, -0.25) is 9.89 Å². The Kier molecular flexibility index (Phi) is 4.70. The highest BCUT2D eigenvalue weighted by Gasteiger charge is 2.14. The molecule has 0 unspecified atom stereocenters. The van der Waals surface area contributed by atoms with E-state index in [4.69, 9.17) is 4.74 Å². The van der Waals surface area contributed by atoms with Crippen molar-refractivity contribution in [2.24, 2.45) is 0 Å². The van der Waals surface area contributed by atoms with Crippen LogP contribution in [0.15, 0.2) is 48.5 Å². The van der Waals surface area contributed by atoms with Gasteiger partial charge in [0.05, 0.1) is 12.3 Å². The van der Waals surface area contributed by atoms with E-state index in [1.165, 1.54) is 0 Å². The van der Waals surface area contributed by atoms with Crippen molar-refractivity contribution in [2.45, 2.75) is 13.8 Å². The average Bonchev–Trinajstić information content (AvgIpc) is 3.09. The van der Waals surface area contributed by atoms with Gasteiger partial charge in [-0.15, -0.1) is 0 Å². The number of anilines is 1. The molecule has 0 saturated carbocycles. The zero-order chi connectivity index (χ0) is 17.8. The minimum absolute atomic E-state index is 0.160. The van der Waals surface area contributed by atoms with Crippen LogP contribution in [0.3, 0.4) is 0 Å². The van der Waals surface area contributed by atoms with Gasteiger partial charge in [-0.1, -0.05) is 12.1 Å². The lowest BCUT2D eigenvalue weighted by molar-refractivity contribution is 0.102. The van der Waals surface area contributed by atoms with Crippen molar-refractivity contribution in [3.05, 3.63) is 59.8 Å². The lowest BCUT2D eigenvalue weighted by Gasteiger charge is -2.06. The van der Waals surface area contributed by atoms with Gasteiger partial charge in [0.15, 0.2) is 0 Å². The molecule has 1 heterocycles. The highest BCUT2D eigenvalue weighted by molar-refractivity contribution is 6.03. The van der Waals surface area contributed by atoms with E-state index in [2.05, 4.69) is 15.5 Å². The minimum Gasteiger partial charge on any atom is -0.507 e. The first-order valence-electron chi connectivity index (χ1n) is 7.97. The van der Waals surface area contributed by atoms with E-state index in [1.54, 1.807) is 36.4 Å². The van der Waals surface area contributed by atoms with Gasteiger partial charge >= 0.3 is 0 Å². The lowest BCUT2D eigenvalue weighted by Crippen LogP contribution is -2.12. The van der Waals surface area contributed by atoms with Crippen LogP contribution in [-0.4, -0.2) is 27.8 Å². The van der Waals surface area contributed by atoms with Crippen LogP contribution in [-0.2, 0) is 0 Å². The number of nitrogens with zero attached hydrogens (tertiary/aromatic N) is 1. The molecule has 6 nitrogen and oxygen atoms in total. The standard InChI is InChI=1S/C19H19N3O3/c1-3-25-14-9-7-13(8-10-14)20-19(24)17-11-16(21-22-17)15-6-4-5-12(2)18(15)23/h4-11,23H,3H2,1-2H3,(H,20,24)(H,21,22). The summed E-state index contributed by atoms with van der Waals surface area (Å²) in [6.45, 7) is 4.32. The molecule has 0 aliphatic carbocycles. The van der Waals surface area contributed by atoms with Crippen molar-refractivity contribution in [1.29, 1.82) is 0 Å². The number of aromatic amines is 1. The number of carbonyl (C=O) groups is 1. The van der Waals surface area contributed by atoms with E-state index in [1.807, 2.05) is 26.0 Å². The first-order chi connectivity index (χ1) is 12.1. The molecule has 0 aliphatic heterocycles. The van der Waals surface area contributed by atoms with E-state index in [0.29, 0.717) is 29.2 Å². The molecule has 2 aromatic carbocycles. The summed E-state index contributed by atoms with van der Waals surface area (Å²) in [5, 5.41) is 19.8. The van der Waals surface area contributed by atoms with Crippen LogP contribution in [0.25, 0.3) is 11.3 Å². The third kappa shape index (κ3) is 3.63. The highest BCUT2D eigenvalue weighted by atomic mass is 16.5. The maximum atomic E-state index is 12.3. The summed E-state index contributed by atoms with van der Waals surface area (Å²) < 4.78 is 5.37. The Morgan fingerprint density at radius 2 is 2.00 bits per heavy atom. The fraction of sp³-hybridized carbons (Fsp3) is 0.158. The summed E-state index contributed by atoms with van der Waals surface area (Å²) in [5.41, 5.74) is 2.81. The Morgan fingerprint density at radius 3 is 2.72 bits per heavy atom. The monoisotopic (exact) mass is 337 g/mol. The molecule has 0 saturated heterocycles. The predicted molar refractivity (Wildman–Crippen MR) is 96.0 cm³/mol. The van der Waals surface area contributed by atoms with Crippen molar-refractivity contribution in [3.63, 3.8) is 0 Å². The second-order valence-electron chi connectivity index (χ2n) is 5.55. The fourth-order valence-electron chi connectivity index (χ4n) is 2.44. The van der Waals surface area contributed by atoms with E-state index in [-0.39, 0.29) is 11.7 Å². The van der Waals surface area contributed by atoms with Gasteiger partial charge in [0.1, 0.15) is 17.2 Å². The molecular weight excluding hydrogens is 318 g/mol. The third-order valence-corrected chi connectivity index (χ3v) is 3.76. The van der Waals surface area contributed by atoms with E-state index >= 15 is 0 Å². The van der Waals surface area contributed by atoms with Crippen molar-refractivity contribution >= 4 is 11.6 Å². The number of amides is 1. The molecule has 25 heavy (non-hydrogen) atoms. The summed E-state index contributed by atoms with van der Waals surface area (Å²) in [7, 11) is 0.